The number of amides is 1. The first-order chi connectivity index (χ1) is 16.0. The van der Waals surface area contributed by atoms with Gasteiger partial charge >= 0.3 is 0 Å². The van der Waals surface area contributed by atoms with E-state index in [9.17, 15) is 34.8 Å². The van der Waals surface area contributed by atoms with Gasteiger partial charge in [0, 0.05) is 23.5 Å². The van der Waals surface area contributed by atoms with Gasteiger partial charge in [0.05, 0.1) is 11.6 Å². The molecule has 3 aliphatic rings. The number of fused-ring (bicyclic) bond motifs is 3. The molecule has 0 bridgehead atoms. The number of benzene rings is 1. The average molecular weight is 466 g/mol. The number of Topliss-reactive ketones (excluding diaryl/α,β-unsaturated/α-hetero) is 2. The van der Waals surface area contributed by atoms with Gasteiger partial charge in [-0.3, -0.25) is 19.3 Å². The topological polar surface area (TPSA) is 161 Å². The van der Waals surface area contributed by atoms with Gasteiger partial charge in [-0.2, -0.15) is 0 Å². The molecule has 0 aromatic heterocycles. The molecule has 4 atom stereocenters. The van der Waals surface area contributed by atoms with Crippen LogP contribution in [0.2, 0.25) is 0 Å². The molecule has 0 saturated carbocycles. The number of allylic oxidation sites excluding steroid dienone is 1. The first kappa shape index (κ1) is 23.5. The van der Waals surface area contributed by atoms with Crippen LogP contribution >= 0.6 is 0 Å². The maximum Gasteiger partial charge on any atom is 0.255 e. The summed E-state index contributed by atoms with van der Waals surface area (Å²) < 4.78 is 0. The number of carbonyl (C=O) groups excluding carboxylic acids is 3. The quantitative estimate of drug-likeness (QED) is 0.317. The third-order valence-electron chi connectivity index (χ3n) is 7.01. The van der Waals surface area contributed by atoms with Crippen LogP contribution in [-0.2, 0) is 16.0 Å². The Hall–Kier alpha value is -3.61. The number of phenols is 1. The van der Waals surface area contributed by atoms with Crippen molar-refractivity contribution in [3.8, 4) is 17.6 Å². The SMILES string of the molecule is CCC#Cc1ccc(O)c2c1CC1CC3C(N(C)C)C(O)=C(C(N)=O)C(=O)C3(O)C(O)=C1C2=O. The molecular formula is C25H26N2O7. The monoisotopic (exact) mass is 466 g/mol. The Balaban J connectivity index is 1.96. The number of rotatable bonds is 2. The highest BCUT2D eigenvalue weighted by Crippen LogP contribution is 2.52. The fourth-order valence-corrected chi connectivity index (χ4v) is 5.55. The predicted octanol–water partition coefficient (Wildman–Crippen LogP) is 0.882. The van der Waals surface area contributed by atoms with Crippen LogP contribution in [0, 0.1) is 23.7 Å². The maximum absolute atomic E-state index is 13.5. The van der Waals surface area contributed by atoms with E-state index in [2.05, 4.69) is 11.8 Å². The van der Waals surface area contributed by atoms with Crippen LogP contribution < -0.4 is 5.73 Å². The summed E-state index contributed by atoms with van der Waals surface area (Å²) in [4.78, 5) is 40.2. The van der Waals surface area contributed by atoms with E-state index in [0.29, 0.717) is 17.5 Å². The minimum Gasteiger partial charge on any atom is -0.510 e. The molecule has 0 aliphatic heterocycles. The number of phenolic OH excluding ortho intramolecular Hbond substituents is 1. The van der Waals surface area contributed by atoms with Crippen LogP contribution in [0.4, 0.5) is 0 Å². The van der Waals surface area contributed by atoms with E-state index in [0.717, 1.165) is 0 Å². The van der Waals surface area contributed by atoms with Gasteiger partial charge in [-0.25, -0.2) is 0 Å². The molecule has 0 radical (unpaired) electrons. The van der Waals surface area contributed by atoms with Crippen LogP contribution in [0.3, 0.4) is 0 Å². The highest BCUT2D eigenvalue weighted by molar-refractivity contribution is 6.24. The predicted molar refractivity (Wildman–Crippen MR) is 121 cm³/mol. The van der Waals surface area contributed by atoms with E-state index in [1.807, 2.05) is 6.92 Å². The van der Waals surface area contributed by atoms with Crippen LogP contribution in [-0.4, -0.2) is 68.5 Å². The zero-order chi connectivity index (χ0) is 25.1. The molecule has 1 aromatic rings. The fourth-order valence-electron chi connectivity index (χ4n) is 5.55. The van der Waals surface area contributed by atoms with E-state index in [1.54, 1.807) is 20.2 Å². The van der Waals surface area contributed by atoms with Gasteiger partial charge < -0.3 is 26.2 Å². The lowest BCUT2D eigenvalue weighted by atomic mass is 9.58. The second-order valence-electron chi connectivity index (χ2n) is 9.10. The van der Waals surface area contributed by atoms with E-state index < -0.39 is 58.0 Å². The molecule has 4 rings (SSSR count). The van der Waals surface area contributed by atoms with Crippen LogP contribution in [0.1, 0.15) is 41.3 Å². The summed E-state index contributed by atoms with van der Waals surface area (Å²) in [7, 11) is 3.17. The molecule has 0 saturated heterocycles. The maximum atomic E-state index is 13.5. The molecule has 178 valence electrons. The summed E-state index contributed by atoms with van der Waals surface area (Å²) in [5.74, 6) is -0.720. The highest BCUT2D eigenvalue weighted by Gasteiger charge is 2.63. The normalized spacial score (nSPS) is 28.2. The Morgan fingerprint density at radius 1 is 1.24 bits per heavy atom. The summed E-state index contributed by atoms with van der Waals surface area (Å²) in [5, 5.41) is 44.0. The van der Waals surface area contributed by atoms with Crippen LogP contribution in [0.15, 0.2) is 34.8 Å². The van der Waals surface area contributed by atoms with E-state index in [-0.39, 0.29) is 29.7 Å². The summed E-state index contributed by atoms with van der Waals surface area (Å²) >= 11 is 0. The van der Waals surface area contributed by atoms with Gasteiger partial charge in [-0.15, -0.1) is 0 Å². The first-order valence-electron chi connectivity index (χ1n) is 10.9. The number of carbonyl (C=O) groups is 3. The van der Waals surface area contributed by atoms with Gasteiger partial charge in [0.2, 0.25) is 5.78 Å². The average Bonchev–Trinajstić information content (AvgIpc) is 2.75. The lowest BCUT2D eigenvalue weighted by Gasteiger charge is -2.50. The zero-order valence-corrected chi connectivity index (χ0v) is 19.0. The number of hydrogen-bond donors (Lipinski definition) is 5. The molecule has 0 spiro atoms. The molecule has 3 aliphatic carbocycles. The van der Waals surface area contributed by atoms with E-state index >= 15 is 0 Å². The second-order valence-corrected chi connectivity index (χ2v) is 9.10. The molecule has 9 heteroatoms. The number of likely N-dealkylation sites (N-methyl/N-ethyl adjacent to an activating group) is 1. The molecule has 34 heavy (non-hydrogen) atoms. The van der Waals surface area contributed by atoms with Crippen LogP contribution in [0.25, 0.3) is 0 Å². The van der Waals surface area contributed by atoms with Crippen molar-refractivity contribution in [2.75, 3.05) is 14.1 Å². The Morgan fingerprint density at radius 3 is 2.50 bits per heavy atom. The first-order valence-corrected chi connectivity index (χ1v) is 10.9. The van der Waals surface area contributed by atoms with Crippen molar-refractivity contribution in [2.24, 2.45) is 17.6 Å². The number of hydrogen-bond acceptors (Lipinski definition) is 8. The number of aliphatic hydroxyl groups excluding tert-OH is 2. The van der Waals surface area contributed by atoms with Crippen molar-refractivity contribution in [1.82, 2.24) is 4.90 Å². The summed E-state index contributed by atoms with van der Waals surface area (Å²) in [6.45, 7) is 1.88. The molecule has 1 aromatic carbocycles. The number of nitrogens with zero attached hydrogens (tertiary/aromatic N) is 1. The molecule has 9 nitrogen and oxygen atoms in total. The third-order valence-corrected chi connectivity index (χ3v) is 7.01. The van der Waals surface area contributed by atoms with Gasteiger partial charge in [-0.05, 0) is 50.6 Å². The van der Waals surface area contributed by atoms with Crippen molar-refractivity contribution < 1.29 is 34.8 Å². The number of aliphatic hydroxyl groups is 3. The lowest BCUT2D eigenvalue weighted by molar-refractivity contribution is -0.148. The zero-order valence-electron chi connectivity index (χ0n) is 19.0. The van der Waals surface area contributed by atoms with Gasteiger partial charge in [0.1, 0.15) is 22.8 Å². The Kier molecular flexibility index (Phi) is 5.55. The van der Waals surface area contributed by atoms with E-state index in [4.69, 9.17) is 5.73 Å². The van der Waals surface area contributed by atoms with Crippen molar-refractivity contribution >= 4 is 17.5 Å². The minimum atomic E-state index is -2.64. The van der Waals surface area contributed by atoms with Crippen LogP contribution in [0.5, 0.6) is 5.75 Å². The molecule has 0 heterocycles. The van der Waals surface area contributed by atoms with Gasteiger partial charge in [0.25, 0.3) is 5.91 Å². The summed E-state index contributed by atoms with van der Waals surface area (Å²) in [6.07, 6.45) is 0.854. The highest BCUT2D eigenvalue weighted by atomic mass is 16.3. The molecular weight excluding hydrogens is 440 g/mol. The Bertz CT molecular complexity index is 1260. The Labute approximate surface area is 196 Å². The summed E-state index contributed by atoms with van der Waals surface area (Å²) in [5.41, 5.74) is 2.73. The van der Waals surface area contributed by atoms with Gasteiger partial charge in [-0.1, -0.05) is 18.8 Å². The minimum absolute atomic E-state index is 0.0383. The third kappa shape index (κ3) is 3.06. The molecule has 1 amide bonds. The van der Waals surface area contributed by atoms with Crippen molar-refractivity contribution in [2.45, 2.75) is 37.8 Å². The number of primary amides is 1. The van der Waals surface area contributed by atoms with Gasteiger partial charge in [0.15, 0.2) is 11.4 Å². The molecule has 6 N–H and O–H groups in total. The fraction of sp³-hybridized carbons (Fsp3) is 0.400. The number of nitrogens with two attached hydrogens (primary N) is 1. The largest absolute Gasteiger partial charge is 0.510 e. The number of ketones is 2. The molecule has 0 fully saturated rings. The standard InChI is InChI=1S/C25H26N2O7/c1-4-5-6-11-7-8-15(28)17-13(11)9-12-10-14-19(27(2)3)21(30)18(24(26)33)23(32)25(14,34)22(31)16(12)20(17)29/h7-8,12,14,19,28,30-31,34H,4,9-10H2,1-3H3,(H2,26,33). The summed E-state index contributed by atoms with van der Waals surface area (Å²) in [6, 6.07) is 1.95. The van der Waals surface area contributed by atoms with Crippen molar-refractivity contribution in [3.63, 3.8) is 0 Å². The molecule has 4 unspecified atom stereocenters. The Morgan fingerprint density at radius 2 is 1.91 bits per heavy atom. The second kappa shape index (κ2) is 8.01. The van der Waals surface area contributed by atoms with E-state index in [1.165, 1.54) is 11.0 Å². The lowest BCUT2D eigenvalue weighted by Crippen LogP contribution is -2.63. The number of aromatic hydroxyl groups is 1. The smallest absolute Gasteiger partial charge is 0.255 e. The van der Waals surface area contributed by atoms with Crippen molar-refractivity contribution in [1.29, 1.82) is 0 Å². The van der Waals surface area contributed by atoms with Crippen molar-refractivity contribution in [3.05, 3.63) is 51.5 Å².